The summed E-state index contributed by atoms with van der Waals surface area (Å²) in [4.78, 5) is 38.2. The van der Waals surface area contributed by atoms with Crippen LogP contribution in [0.4, 0.5) is 5.69 Å². The summed E-state index contributed by atoms with van der Waals surface area (Å²) in [5.74, 6) is -1.40. The molecule has 0 unspecified atom stereocenters. The molecule has 3 amide bonds. The molecular formula is C23H26N4O5. The fourth-order valence-corrected chi connectivity index (χ4v) is 3.10. The van der Waals surface area contributed by atoms with Gasteiger partial charge in [0.05, 0.1) is 19.4 Å². The van der Waals surface area contributed by atoms with Crippen molar-refractivity contribution in [2.75, 3.05) is 38.2 Å². The number of amides is 3. The van der Waals surface area contributed by atoms with Crippen molar-refractivity contribution in [3.05, 3.63) is 59.7 Å². The second kappa shape index (κ2) is 11.6. The number of aryl methyl sites for hydroxylation is 1. The Kier molecular flexibility index (Phi) is 8.33. The second-order valence-electron chi connectivity index (χ2n) is 6.98. The van der Waals surface area contributed by atoms with Crippen LogP contribution in [0, 0.1) is 0 Å². The lowest BCUT2D eigenvalue weighted by molar-refractivity contribution is -0.137. The summed E-state index contributed by atoms with van der Waals surface area (Å²) in [6.07, 6.45) is 2.08. The van der Waals surface area contributed by atoms with Crippen LogP contribution in [0.5, 0.6) is 5.75 Å². The normalized spacial score (nSPS) is 13.6. The number of carbonyl (C=O) groups is 3. The minimum Gasteiger partial charge on any atom is -0.483 e. The van der Waals surface area contributed by atoms with Crippen molar-refractivity contribution in [3.8, 4) is 5.75 Å². The molecule has 0 radical (unpaired) electrons. The van der Waals surface area contributed by atoms with Crippen molar-refractivity contribution in [3.63, 3.8) is 0 Å². The van der Waals surface area contributed by atoms with Crippen LogP contribution < -0.4 is 15.5 Å². The van der Waals surface area contributed by atoms with Gasteiger partial charge in [-0.2, -0.15) is 5.10 Å². The van der Waals surface area contributed by atoms with Crippen LogP contribution >= 0.6 is 0 Å². The predicted molar refractivity (Wildman–Crippen MR) is 120 cm³/mol. The lowest BCUT2D eigenvalue weighted by Crippen LogP contribution is -2.43. The molecule has 9 nitrogen and oxygen atoms in total. The van der Waals surface area contributed by atoms with Crippen LogP contribution in [0.15, 0.2) is 53.6 Å². The summed E-state index contributed by atoms with van der Waals surface area (Å²) in [5, 5.41) is 6.43. The molecule has 0 saturated carbocycles. The van der Waals surface area contributed by atoms with Crippen molar-refractivity contribution in [2.45, 2.75) is 13.3 Å². The highest BCUT2D eigenvalue weighted by atomic mass is 16.5. The molecule has 0 atom stereocenters. The molecule has 2 aromatic carbocycles. The van der Waals surface area contributed by atoms with Crippen molar-refractivity contribution < 1.29 is 23.9 Å². The third kappa shape index (κ3) is 6.39. The first-order valence-corrected chi connectivity index (χ1v) is 10.4. The summed E-state index contributed by atoms with van der Waals surface area (Å²) in [5.41, 5.74) is 4.27. The number of carbonyl (C=O) groups excluding carboxylic acids is 3. The molecule has 1 aliphatic heterocycles. The van der Waals surface area contributed by atoms with Gasteiger partial charge in [0, 0.05) is 24.3 Å². The van der Waals surface area contributed by atoms with Crippen molar-refractivity contribution in [1.82, 2.24) is 10.3 Å². The van der Waals surface area contributed by atoms with Crippen LogP contribution in [0.3, 0.4) is 0 Å². The van der Waals surface area contributed by atoms with Gasteiger partial charge in [-0.3, -0.25) is 14.4 Å². The Morgan fingerprint density at radius 1 is 1.06 bits per heavy atom. The quantitative estimate of drug-likeness (QED) is 0.388. The van der Waals surface area contributed by atoms with Crippen molar-refractivity contribution in [1.29, 1.82) is 0 Å². The monoisotopic (exact) mass is 438 g/mol. The van der Waals surface area contributed by atoms with E-state index in [1.54, 1.807) is 41.3 Å². The Morgan fingerprint density at radius 2 is 1.78 bits per heavy atom. The van der Waals surface area contributed by atoms with E-state index in [-0.39, 0.29) is 12.5 Å². The smallest absolute Gasteiger partial charge is 0.329 e. The van der Waals surface area contributed by atoms with Gasteiger partial charge in [0.2, 0.25) is 0 Å². The van der Waals surface area contributed by atoms with Crippen LogP contribution in [-0.4, -0.2) is 61.7 Å². The van der Waals surface area contributed by atoms with Gasteiger partial charge in [0.25, 0.3) is 5.91 Å². The third-order valence-electron chi connectivity index (χ3n) is 4.86. The highest BCUT2D eigenvalue weighted by Crippen LogP contribution is 2.16. The summed E-state index contributed by atoms with van der Waals surface area (Å²) in [6.45, 7) is 3.97. The zero-order chi connectivity index (χ0) is 22.8. The van der Waals surface area contributed by atoms with Gasteiger partial charge >= 0.3 is 11.8 Å². The molecule has 9 heteroatoms. The first-order chi connectivity index (χ1) is 15.6. The van der Waals surface area contributed by atoms with Crippen molar-refractivity contribution in [2.24, 2.45) is 5.10 Å². The summed E-state index contributed by atoms with van der Waals surface area (Å²) < 4.78 is 10.9. The van der Waals surface area contributed by atoms with Crippen LogP contribution in [0.25, 0.3) is 0 Å². The van der Waals surface area contributed by atoms with Crippen LogP contribution in [0.2, 0.25) is 0 Å². The summed E-state index contributed by atoms with van der Waals surface area (Å²) in [6, 6.07) is 14.2. The standard InChI is InChI=1S/C23H26N4O5/c1-2-17-7-3-5-9-19(17)25-22(29)23(30)26-24-15-18-8-4-6-10-20(18)32-16-21(28)27-11-13-31-14-12-27/h3-10,15H,2,11-14,16H2,1H3,(H,25,29)(H,26,30)/b24-15-. The number of rotatable bonds is 7. The highest BCUT2D eigenvalue weighted by molar-refractivity contribution is 6.39. The number of hydrogen-bond donors (Lipinski definition) is 2. The van der Waals surface area contributed by atoms with Gasteiger partial charge in [0.15, 0.2) is 6.61 Å². The molecule has 168 valence electrons. The Bertz CT molecular complexity index is 986. The maximum absolute atomic E-state index is 12.3. The number of para-hydroxylation sites is 2. The van der Waals surface area contributed by atoms with Gasteiger partial charge in [0.1, 0.15) is 5.75 Å². The van der Waals surface area contributed by atoms with E-state index in [0.717, 1.165) is 12.0 Å². The summed E-state index contributed by atoms with van der Waals surface area (Å²) >= 11 is 0. The Hall–Kier alpha value is -3.72. The SMILES string of the molecule is CCc1ccccc1NC(=O)C(=O)N/N=C\c1ccccc1OCC(=O)N1CCOCC1. The Balaban J connectivity index is 1.54. The van der Waals surface area contributed by atoms with E-state index < -0.39 is 11.8 Å². The van der Waals surface area contributed by atoms with E-state index in [1.807, 2.05) is 19.1 Å². The number of ether oxygens (including phenoxy) is 2. The first kappa shape index (κ1) is 23.0. The van der Waals surface area contributed by atoms with E-state index in [1.165, 1.54) is 6.21 Å². The van der Waals surface area contributed by atoms with Gasteiger partial charge in [-0.1, -0.05) is 37.3 Å². The fourth-order valence-electron chi connectivity index (χ4n) is 3.10. The molecule has 1 fully saturated rings. The second-order valence-corrected chi connectivity index (χ2v) is 6.98. The number of hydrogen-bond acceptors (Lipinski definition) is 6. The molecular weight excluding hydrogens is 412 g/mol. The minimum atomic E-state index is -0.895. The van der Waals surface area contributed by atoms with Gasteiger partial charge < -0.3 is 19.7 Å². The maximum Gasteiger partial charge on any atom is 0.329 e. The zero-order valence-electron chi connectivity index (χ0n) is 17.9. The van der Waals surface area contributed by atoms with Crippen molar-refractivity contribution >= 4 is 29.6 Å². The molecule has 1 saturated heterocycles. The number of benzene rings is 2. The molecule has 0 aromatic heterocycles. The third-order valence-corrected chi connectivity index (χ3v) is 4.86. The highest BCUT2D eigenvalue weighted by Gasteiger charge is 2.18. The molecule has 32 heavy (non-hydrogen) atoms. The largest absolute Gasteiger partial charge is 0.483 e. The van der Waals surface area contributed by atoms with Crippen LogP contribution in [0.1, 0.15) is 18.1 Å². The molecule has 0 spiro atoms. The lowest BCUT2D eigenvalue weighted by atomic mass is 10.1. The van der Waals surface area contributed by atoms with Gasteiger partial charge in [-0.15, -0.1) is 0 Å². The number of nitrogens with one attached hydrogen (secondary N) is 2. The van der Waals surface area contributed by atoms with E-state index in [9.17, 15) is 14.4 Å². The zero-order valence-corrected chi connectivity index (χ0v) is 17.9. The molecule has 1 aliphatic rings. The Morgan fingerprint density at radius 3 is 2.56 bits per heavy atom. The first-order valence-electron chi connectivity index (χ1n) is 10.4. The van der Waals surface area contributed by atoms with Gasteiger partial charge in [-0.25, -0.2) is 5.43 Å². The van der Waals surface area contributed by atoms with Gasteiger partial charge in [-0.05, 0) is 30.2 Å². The van der Waals surface area contributed by atoms with E-state index in [2.05, 4.69) is 15.8 Å². The predicted octanol–water partition coefficient (Wildman–Crippen LogP) is 1.58. The van der Waals surface area contributed by atoms with Crippen LogP contribution in [-0.2, 0) is 25.5 Å². The molecule has 0 aliphatic carbocycles. The molecule has 2 aromatic rings. The van der Waals surface area contributed by atoms with E-state index in [0.29, 0.717) is 43.3 Å². The lowest BCUT2D eigenvalue weighted by Gasteiger charge is -2.26. The minimum absolute atomic E-state index is 0.115. The Labute approximate surface area is 186 Å². The number of hydrazone groups is 1. The molecule has 2 N–H and O–H groups in total. The average Bonchev–Trinajstić information content (AvgIpc) is 2.84. The molecule has 3 rings (SSSR count). The maximum atomic E-state index is 12.3. The number of morpholine rings is 1. The number of anilines is 1. The number of nitrogens with zero attached hydrogens (tertiary/aromatic N) is 2. The van der Waals surface area contributed by atoms with E-state index in [4.69, 9.17) is 9.47 Å². The molecule has 0 bridgehead atoms. The molecule has 1 heterocycles. The summed E-state index contributed by atoms with van der Waals surface area (Å²) in [7, 11) is 0. The fraction of sp³-hybridized carbons (Fsp3) is 0.304. The topological polar surface area (TPSA) is 109 Å². The average molecular weight is 438 g/mol. The van der Waals surface area contributed by atoms with E-state index >= 15 is 0 Å².